The van der Waals surface area contributed by atoms with E-state index < -0.39 is 0 Å². The first-order chi connectivity index (χ1) is 12.9. The summed E-state index contributed by atoms with van der Waals surface area (Å²) >= 11 is 1.57. The zero-order valence-electron chi connectivity index (χ0n) is 16.3. The number of aryl methyl sites for hydroxylation is 2. The van der Waals surface area contributed by atoms with Crippen molar-refractivity contribution in [1.29, 1.82) is 0 Å². The lowest BCUT2D eigenvalue weighted by Gasteiger charge is -2.14. The molecule has 0 amide bonds. The number of rotatable bonds is 7. The van der Waals surface area contributed by atoms with Gasteiger partial charge in [0.15, 0.2) is 5.82 Å². The van der Waals surface area contributed by atoms with Crippen molar-refractivity contribution in [2.24, 2.45) is 0 Å². The first-order valence-corrected chi connectivity index (χ1v) is 10.0. The maximum atomic E-state index is 6.18. The minimum Gasteiger partial charge on any atom is -0.485 e. The standard InChI is InChI=1S/C21H26N4OS/c1-14(2)18-9-8-16(4)11-19(18)26-12-20-23-24-21(25(20)22)27-13-17-7-5-6-15(3)10-17/h5-11,14H,12-13,22H2,1-4H3. The highest BCUT2D eigenvalue weighted by atomic mass is 32.2. The molecule has 0 spiro atoms. The normalized spacial score (nSPS) is 11.1. The van der Waals surface area contributed by atoms with Gasteiger partial charge in [0.25, 0.3) is 0 Å². The Morgan fingerprint density at radius 2 is 1.85 bits per heavy atom. The third-order valence-electron chi connectivity index (χ3n) is 4.33. The molecule has 3 rings (SSSR count). The van der Waals surface area contributed by atoms with Gasteiger partial charge in [-0.15, -0.1) is 10.2 Å². The Morgan fingerprint density at radius 1 is 1.07 bits per heavy atom. The van der Waals surface area contributed by atoms with Crippen molar-refractivity contribution in [3.8, 4) is 5.75 Å². The van der Waals surface area contributed by atoms with Gasteiger partial charge in [0.2, 0.25) is 5.16 Å². The molecule has 6 heteroatoms. The minimum absolute atomic E-state index is 0.289. The molecule has 0 fully saturated rings. The van der Waals surface area contributed by atoms with Crippen LogP contribution in [0.4, 0.5) is 0 Å². The van der Waals surface area contributed by atoms with Crippen molar-refractivity contribution < 1.29 is 4.74 Å². The Kier molecular flexibility index (Phi) is 6.06. The molecule has 2 aromatic carbocycles. The Bertz CT molecular complexity index is 920. The smallest absolute Gasteiger partial charge is 0.210 e. The fourth-order valence-electron chi connectivity index (χ4n) is 2.84. The van der Waals surface area contributed by atoms with Gasteiger partial charge in [-0.1, -0.05) is 67.6 Å². The lowest BCUT2D eigenvalue weighted by molar-refractivity contribution is 0.287. The molecule has 0 saturated carbocycles. The van der Waals surface area contributed by atoms with Crippen molar-refractivity contribution >= 4 is 11.8 Å². The van der Waals surface area contributed by atoms with E-state index in [2.05, 4.69) is 80.4 Å². The van der Waals surface area contributed by atoms with Crippen LogP contribution in [0.1, 0.15) is 47.8 Å². The highest BCUT2D eigenvalue weighted by molar-refractivity contribution is 7.98. The van der Waals surface area contributed by atoms with Crippen LogP contribution in [0.3, 0.4) is 0 Å². The summed E-state index contributed by atoms with van der Waals surface area (Å²) in [6.07, 6.45) is 0. The van der Waals surface area contributed by atoms with Crippen LogP contribution in [0.25, 0.3) is 0 Å². The van der Waals surface area contributed by atoms with Crippen molar-refractivity contribution in [2.45, 2.75) is 51.1 Å². The molecule has 2 N–H and O–H groups in total. The van der Waals surface area contributed by atoms with E-state index in [1.165, 1.54) is 21.4 Å². The summed E-state index contributed by atoms with van der Waals surface area (Å²) in [5.74, 6) is 8.85. The number of benzene rings is 2. The highest BCUT2D eigenvalue weighted by Gasteiger charge is 2.13. The number of thioether (sulfide) groups is 1. The zero-order valence-corrected chi connectivity index (χ0v) is 17.1. The number of nitrogen functional groups attached to an aromatic ring is 1. The van der Waals surface area contributed by atoms with Crippen molar-refractivity contribution in [3.05, 3.63) is 70.5 Å². The topological polar surface area (TPSA) is 66.0 Å². The number of hydrogen-bond acceptors (Lipinski definition) is 5. The molecule has 1 aromatic heterocycles. The highest BCUT2D eigenvalue weighted by Crippen LogP contribution is 2.28. The Labute approximate surface area is 164 Å². The molecule has 0 saturated heterocycles. The molecule has 3 aromatic rings. The fourth-order valence-corrected chi connectivity index (χ4v) is 3.66. The summed E-state index contributed by atoms with van der Waals surface area (Å²) in [7, 11) is 0. The number of nitrogens with two attached hydrogens (primary N) is 1. The maximum absolute atomic E-state index is 6.18. The SMILES string of the molecule is Cc1cccc(CSc2nnc(COc3cc(C)ccc3C(C)C)n2N)c1. The molecular formula is C21H26N4OS. The number of ether oxygens (including phenoxy) is 1. The van der Waals surface area contributed by atoms with Gasteiger partial charge in [0.1, 0.15) is 12.4 Å². The van der Waals surface area contributed by atoms with Gasteiger partial charge in [-0.05, 0) is 42.5 Å². The van der Waals surface area contributed by atoms with Gasteiger partial charge in [0.05, 0.1) is 0 Å². The van der Waals surface area contributed by atoms with Crippen molar-refractivity contribution in [2.75, 3.05) is 5.84 Å². The third-order valence-corrected chi connectivity index (χ3v) is 5.35. The van der Waals surface area contributed by atoms with Gasteiger partial charge >= 0.3 is 0 Å². The van der Waals surface area contributed by atoms with Crippen LogP contribution >= 0.6 is 11.8 Å². The van der Waals surface area contributed by atoms with Gasteiger partial charge < -0.3 is 10.6 Å². The first-order valence-electron chi connectivity index (χ1n) is 9.05. The van der Waals surface area contributed by atoms with E-state index in [0.29, 0.717) is 16.9 Å². The van der Waals surface area contributed by atoms with Crippen LogP contribution in [-0.2, 0) is 12.4 Å². The summed E-state index contributed by atoms with van der Waals surface area (Å²) in [4.78, 5) is 0. The first kappa shape index (κ1) is 19.3. The summed E-state index contributed by atoms with van der Waals surface area (Å²) in [6.45, 7) is 8.75. The molecule has 5 nitrogen and oxygen atoms in total. The van der Waals surface area contributed by atoms with Crippen LogP contribution in [0.5, 0.6) is 5.75 Å². The molecular weight excluding hydrogens is 356 g/mol. The van der Waals surface area contributed by atoms with E-state index in [1.807, 2.05) is 0 Å². The van der Waals surface area contributed by atoms with Crippen LogP contribution in [0.2, 0.25) is 0 Å². The molecule has 0 bridgehead atoms. The molecule has 0 aliphatic heterocycles. The second-order valence-corrected chi connectivity index (χ2v) is 7.97. The lowest BCUT2D eigenvalue weighted by Crippen LogP contribution is -2.16. The van der Waals surface area contributed by atoms with Crippen LogP contribution < -0.4 is 10.6 Å². The summed E-state index contributed by atoms with van der Waals surface area (Å²) in [5.41, 5.74) is 4.83. The molecule has 0 aliphatic carbocycles. The predicted molar refractivity (Wildman–Crippen MR) is 111 cm³/mol. The number of hydrogen-bond donors (Lipinski definition) is 1. The van der Waals surface area contributed by atoms with Gasteiger partial charge in [0, 0.05) is 5.75 Å². The van der Waals surface area contributed by atoms with E-state index in [-0.39, 0.29) is 6.61 Å². The van der Waals surface area contributed by atoms with E-state index in [4.69, 9.17) is 10.6 Å². The number of nitrogens with zero attached hydrogens (tertiary/aromatic N) is 3. The second kappa shape index (κ2) is 8.48. The van der Waals surface area contributed by atoms with E-state index >= 15 is 0 Å². The molecule has 0 radical (unpaired) electrons. The van der Waals surface area contributed by atoms with Crippen molar-refractivity contribution in [3.63, 3.8) is 0 Å². The van der Waals surface area contributed by atoms with Gasteiger partial charge in [-0.2, -0.15) is 0 Å². The van der Waals surface area contributed by atoms with Crippen LogP contribution in [0.15, 0.2) is 47.6 Å². The molecule has 0 atom stereocenters. The molecule has 142 valence electrons. The number of aromatic nitrogens is 3. The average molecular weight is 383 g/mol. The molecule has 27 heavy (non-hydrogen) atoms. The largest absolute Gasteiger partial charge is 0.485 e. The maximum Gasteiger partial charge on any atom is 0.210 e. The monoisotopic (exact) mass is 382 g/mol. The lowest BCUT2D eigenvalue weighted by atomic mass is 10.0. The van der Waals surface area contributed by atoms with Crippen LogP contribution in [0, 0.1) is 13.8 Å². The van der Waals surface area contributed by atoms with E-state index in [9.17, 15) is 0 Å². The molecule has 1 heterocycles. The fraction of sp³-hybridized carbons (Fsp3) is 0.333. The zero-order chi connectivity index (χ0) is 19.4. The predicted octanol–water partition coefficient (Wildman–Crippen LogP) is 4.60. The minimum atomic E-state index is 0.289. The summed E-state index contributed by atoms with van der Waals surface area (Å²) < 4.78 is 7.54. The summed E-state index contributed by atoms with van der Waals surface area (Å²) in [5, 5.41) is 9.09. The second-order valence-electron chi connectivity index (χ2n) is 7.03. The average Bonchev–Trinajstić information content (AvgIpc) is 2.98. The van der Waals surface area contributed by atoms with Gasteiger partial charge in [-0.3, -0.25) is 0 Å². The quantitative estimate of drug-likeness (QED) is 0.478. The Morgan fingerprint density at radius 3 is 2.59 bits per heavy atom. The molecule has 0 aliphatic rings. The Hall–Kier alpha value is -2.47. The van der Waals surface area contributed by atoms with E-state index in [0.717, 1.165) is 17.1 Å². The third kappa shape index (κ3) is 4.83. The van der Waals surface area contributed by atoms with Crippen molar-refractivity contribution in [1.82, 2.24) is 14.9 Å². The molecule has 0 unspecified atom stereocenters. The Balaban J connectivity index is 1.67. The van der Waals surface area contributed by atoms with E-state index in [1.54, 1.807) is 11.8 Å². The van der Waals surface area contributed by atoms with Gasteiger partial charge in [-0.25, -0.2) is 4.68 Å². The van der Waals surface area contributed by atoms with Crippen LogP contribution in [-0.4, -0.2) is 14.9 Å². The summed E-state index contributed by atoms with van der Waals surface area (Å²) in [6, 6.07) is 14.7.